The van der Waals surface area contributed by atoms with Crippen LogP contribution in [0.25, 0.3) is 0 Å². The molecule has 1 aromatic rings. The van der Waals surface area contributed by atoms with Gasteiger partial charge in [0, 0.05) is 13.1 Å². The van der Waals surface area contributed by atoms with E-state index in [4.69, 9.17) is 9.47 Å². The summed E-state index contributed by atoms with van der Waals surface area (Å²) < 4.78 is 52.4. The van der Waals surface area contributed by atoms with Crippen LogP contribution in [0.2, 0.25) is 0 Å². The number of benzene rings is 1. The second kappa shape index (κ2) is 14.9. The lowest BCUT2D eigenvalue weighted by Crippen LogP contribution is -2.58. The van der Waals surface area contributed by atoms with Crippen LogP contribution >= 0.6 is 0 Å². The Morgan fingerprint density at radius 3 is 2.24 bits per heavy atom. The Hall–Kier alpha value is -3.27. The first-order valence-electron chi connectivity index (χ1n) is 15.2. The summed E-state index contributed by atoms with van der Waals surface area (Å²) in [6, 6.07) is 0.463. The molecule has 2 saturated heterocycles. The molecule has 1 aromatic carbocycles. The number of epoxide rings is 1. The van der Waals surface area contributed by atoms with E-state index in [1.54, 1.807) is 6.92 Å². The zero-order valence-corrected chi connectivity index (χ0v) is 25.4. The van der Waals surface area contributed by atoms with Gasteiger partial charge in [-0.2, -0.15) is 0 Å². The van der Waals surface area contributed by atoms with Gasteiger partial charge in [-0.25, -0.2) is 0 Å². The van der Waals surface area contributed by atoms with Crippen molar-refractivity contribution >= 4 is 23.5 Å². The number of carbonyl (C=O) groups is 4. The molecule has 15 heteroatoms. The number of Topliss-reactive ketones (excluding diaryl/α,β-unsaturated/α-hetero) is 1. The summed E-state index contributed by atoms with van der Waals surface area (Å²) >= 11 is 0. The number of ketones is 1. The number of hydrogen-bond acceptors (Lipinski definition) is 9. The molecular weight excluding hydrogens is 601 g/mol. The summed E-state index contributed by atoms with van der Waals surface area (Å²) in [6.07, 6.45) is -2.50. The zero-order valence-electron chi connectivity index (χ0n) is 25.4. The van der Waals surface area contributed by atoms with Crippen LogP contribution in [0.4, 0.5) is 13.2 Å². The molecule has 0 aromatic heterocycles. The number of nitrogens with zero attached hydrogens (tertiary/aromatic N) is 1. The topological polar surface area (TPSA) is 159 Å². The third-order valence-corrected chi connectivity index (χ3v) is 8.37. The van der Waals surface area contributed by atoms with Crippen molar-refractivity contribution in [2.45, 2.75) is 82.1 Å². The Labute approximate surface area is 259 Å². The quantitative estimate of drug-likeness (QED) is 0.220. The van der Waals surface area contributed by atoms with Crippen LogP contribution in [-0.4, -0.2) is 103 Å². The smallest absolute Gasteiger partial charge is 0.406 e. The second-order valence-electron chi connectivity index (χ2n) is 12.1. The van der Waals surface area contributed by atoms with Gasteiger partial charge >= 0.3 is 6.36 Å². The maximum Gasteiger partial charge on any atom is 0.573 e. The number of halogens is 3. The average Bonchev–Trinajstić information content (AvgIpc) is 3.52. The lowest BCUT2D eigenvalue weighted by Gasteiger charge is -2.29. The lowest BCUT2D eigenvalue weighted by atomic mass is 9.90. The van der Waals surface area contributed by atoms with E-state index in [0.29, 0.717) is 32.7 Å². The van der Waals surface area contributed by atoms with Crippen molar-refractivity contribution in [3.8, 4) is 5.75 Å². The van der Waals surface area contributed by atoms with Crippen molar-refractivity contribution < 1.29 is 51.7 Å². The van der Waals surface area contributed by atoms with Crippen molar-refractivity contribution in [2.75, 3.05) is 39.5 Å². The van der Waals surface area contributed by atoms with Crippen LogP contribution in [0, 0.1) is 5.92 Å². The van der Waals surface area contributed by atoms with Gasteiger partial charge in [-0.3, -0.25) is 24.1 Å². The van der Waals surface area contributed by atoms with Gasteiger partial charge in [0.05, 0.1) is 32.4 Å². The summed E-state index contributed by atoms with van der Waals surface area (Å²) in [6.45, 7) is 5.36. The van der Waals surface area contributed by atoms with Crippen molar-refractivity contribution in [3.05, 3.63) is 29.8 Å². The molecule has 1 saturated carbocycles. The largest absolute Gasteiger partial charge is 0.573 e. The van der Waals surface area contributed by atoms with Gasteiger partial charge in [0.25, 0.3) is 0 Å². The number of nitrogens with one attached hydrogen (secondary N) is 3. The summed E-state index contributed by atoms with van der Waals surface area (Å²) in [5, 5.41) is 19.0. The van der Waals surface area contributed by atoms with E-state index in [-0.39, 0.29) is 30.4 Å². The molecule has 250 valence electrons. The highest BCUT2D eigenvalue weighted by atomic mass is 19.4. The number of aliphatic hydroxyl groups is 1. The van der Waals surface area contributed by atoms with Crippen molar-refractivity contribution in [1.29, 1.82) is 0 Å². The van der Waals surface area contributed by atoms with Crippen molar-refractivity contribution in [3.63, 3.8) is 0 Å². The molecular formula is C30H41F3N4O8. The molecule has 4 rings (SSSR count). The van der Waals surface area contributed by atoms with Gasteiger partial charge in [0.2, 0.25) is 17.7 Å². The maximum atomic E-state index is 13.7. The summed E-state index contributed by atoms with van der Waals surface area (Å²) in [7, 11) is 0. The molecule has 4 N–H and O–H groups in total. The fraction of sp³-hybridized carbons (Fsp3) is 0.667. The zero-order chi connectivity index (χ0) is 32.8. The number of hydrogen-bond donors (Lipinski definition) is 4. The molecule has 5 atom stereocenters. The minimum atomic E-state index is -4.93. The minimum Gasteiger partial charge on any atom is -0.406 e. The van der Waals surface area contributed by atoms with E-state index in [9.17, 15) is 37.5 Å². The number of amides is 3. The normalized spacial score (nSPS) is 23.3. The standard InChI is InChI=1S/C30H41F3N4O8/c1-18(34-23(38)16-37-11-13-43-14-12-37)27(41)36-24(25(39)20-7-9-21(10-8-20)45-30(31,32)33)28(42)35-22(15-19-5-3-4-6-19)26(40)29(2)17-44-29/h7-10,18-19,22,24-25,39H,3-6,11-17H2,1-2H3,(H,34,38)(H,35,42)(H,36,41). The van der Waals surface area contributed by atoms with E-state index in [1.807, 2.05) is 4.90 Å². The molecule has 0 bridgehead atoms. The third-order valence-electron chi connectivity index (χ3n) is 8.37. The SMILES string of the molecule is CC(NC(=O)CN1CCOCC1)C(=O)NC(C(=O)NC(CC1CCCC1)C(=O)C1(C)CO1)C(O)c1ccc(OC(F)(F)F)cc1. The average molecular weight is 643 g/mol. The number of ether oxygens (including phenoxy) is 3. The predicted molar refractivity (Wildman–Crippen MR) is 153 cm³/mol. The van der Waals surface area contributed by atoms with Gasteiger partial charge in [-0.1, -0.05) is 37.8 Å². The molecule has 2 aliphatic heterocycles. The molecule has 12 nitrogen and oxygen atoms in total. The number of carbonyl (C=O) groups excluding carboxylic acids is 4. The van der Waals surface area contributed by atoms with Crippen molar-refractivity contribution in [1.82, 2.24) is 20.9 Å². The summed E-state index contributed by atoms with van der Waals surface area (Å²) in [5.74, 6) is -2.76. The van der Waals surface area contributed by atoms with E-state index in [0.717, 1.165) is 49.9 Å². The van der Waals surface area contributed by atoms with E-state index >= 15 is 0 Å². The molecule has 3 amide bonds. The number of rotatable bonds is 14. The van der Waals surface area contributed by atoms with E-state index < -0.39 is 59.7 Å². The third kappa shape index (κ3) is 10.1. The maximum absolute atomic E-state index is 13.7. The first-order valence-corrected chi connectivity index (χ1v) is 15.2. The molecule has 5 unspecified atom stereocenters. The predicted octanol–water partition coefficient (Wildman–Crippen LogP) is 1.36. The number of aliphatic hydroxyl groups excluding tert-OH is 1. The number of alkyl halides is 3. The van der Waals surface area contributed by atoms with Gasteiger partial charge in [-0.15, -0.1) is 13.2 Å². The van der Waals surface area contributed by atoms with E-state index in [1.165, 1.54) is 6.92 Å². The first kappa shape index (κ1) is 34.6. The molecule has 45 heavy (non-hydrogen) atoms. The van der Waals surface area contributed by atoms with Crippen LogP contribution in [0.5, 0.6) is 5.75 Å². The van der Waals surface area contributed by atoms with Crippen LogP contribution in [0.3, 0.4) is 0 Å². The molecule has 3 aliphatic rings. The monoisotopic (exact) mass is 642 g/mol. The van der Waals surface area contributed by atoms with Crippen LogP contribution in [-0.2, 0) is 28.7 Å². The van der Waals surface area contributed by atoms with Gasteiger partial charge in [0.1, 0.15) is 29.5 Å². The Morgan fingerprint density at radius 2 is 1.67 bits per heavy atom. The fourth-order valence-electron chi connectivity index (χ4n) is 5.63. The molecule has 0 radical (unpaired) electrons. The Bertz CT molecular complexity index is 1200. The Morgan fingerprint density at radius 1 is 1.04 bits per heavy atom. The first-order chi connectivity index (χ1) is 21.2. The highest BCUT2D eigenvalue weighted by Gasteiger charge is 2.51. The van der Waals surface area contributed by atoms with Gasteiger partial charge in [-0.05, 0) is 43.9 Å². The minimum absolute atomic E-state index is 0.00476. The molecule has 3 fully saturated rings. The van der Waals surface area contributed by atoms with Gasteiger partial charge in [0.15, 0.2) is 5.78 Å². The van der Waals surface area contributed by atoms with E-state index in [2.05, 4.69) is 20.7 Å². The molecule has 2 heterocycles. The Balaban J connectivity index is 1.50. The van der Waals surface area contributed by atoms with Crippen LogP contribution < -0.4 is 20.7 Å². The molecule has 1 aliphatic carbocycles. The van der Waals surface area contributed by atoms with Crippen LogP contribution in [0.1, 0.15) is 57.6 Å². The highest BCUT2D eigenvalue weighted by molar-refractivity contribution is 5.98. The second-order valence-corrected chi connectivity index (χ2v) is 12.1. The lowest BCUT2D eigenvalue weighted by molar-refractivity contribution is -0.274. The molecule has 0 spiro atoms. The Kier molecular flexibility index (Phi) is 11.4. The van der Waals surface area contributed by atoms with Gasteiger partial charge < -0.3 is 35.3 Å². The van der Waals surface area contributed by atoms with Crippen molar-refractivity contribution in [2.24, 2.45) is 5.92 Å². The summed E-state index contributed by atoms with van der Waals surface area (Å²) in [5.41, 5.74) is -1.04. The van der Waals surface area contributed by atoms with Crippen LogP contribution in [0.15, 0.2) is 24.3 Å². The number of morpholine rings is 1. The fourth-order valence-corrected chi connectivity index (χ4v) is 5.63. The highest BCUT2D eigenvalue weighted by Crippen LogP contribution is 2.34. The summed E-state index contributed by atoms with van der Waals surface area (Å²) in [4.78, 5) is 54.7.